The molecule has 0 saturated carbocycles. The number of carbonyl (C=O) groups is 1. The van der Waals surface area contributed by atoms with Gasteiger partial charge in [-0.25, -0.2) is 0 Å². The fourth-order valence-electron chi connectivity index (χ4n) is 2.91. The highest BCUT2D eigenvalue weighted by Gasteiger charge is 2.35. The highest BCUT2D eigenvalue weighted by molar-refractivity contribution is 6.42. The predicted molar refractivity (Wildman–Crippen MR) is 77.0 cm³/mol. The van der Waals surface area contributed by atoms with Crippen LogP contribution in [0.25, 0.3) is 0 Å². The molecule has 0 aromatic heterocycles. The molecule has 3 nitrogen and oxygen atoms in total. The Morgan fingerprint density at radius 3 is 2.58 bits per heavy atom. The third-order valence-corrected chi connectivity index (χ3v) is 4.90. The van der Waals surface area contributed by atoms with E-state index in [9.17, 15) is 4.79 Å². The van der Waals surface area contributed by atoms with Crippen LogP contribution in [0.15, 0.2) is 18.2 Å². The van der Waals surface area contributed by atoms with E-state index in [4.69, 9.17) is 23.2 Å². The Kier molecular flexibility index (Phi) is 3.81. The molecular weight excluding hydrogens is 283 g/mol. The van der Waals surface area contributed by atoms with Crippen LogP contribution in [-0.4, -0.2) is 54.3 Å². The lowest BCUT2D eigenvalue weighted by Gasteiger charge is -2.46. The van der Waals surface area contributed by atoms with E-state index in [2.05, 4.69) is 9.80 Å². The van der Waals surface area contributed by atoms with Crippen molar-refractivity contribution >= 4 is 29.0 Å². The Morgan fingerprint density at radius 2 is 1.95 bits per heavy atom. The summed E-state index contributed by atoms with van der Waals surface area (Å²) in [4.78, 5) is 17.1. The highest BCUT2D eigenvalue weighted by Crippen LogP contribution is 2.27. The van der Waals surface area contributed by atoms with E-state index in [1.807, 2.05) is 12.1 Å². The largest absolute Gasteiger partial charge is 0.299 e. The van der Waals surface area contributed by atoms with Crippen LogP contribution in [0.2, 0.25) is 10.0 Å². The summed E-state index contributed by atoms with van der Waals surface area (Å²) in [5.74, 6) is 0.244. The summed E-state index contributed by atoms with van der Waals surface area (Å²) < 4.78 is 0. The van der Waals surface area contributed by atoms with Crippen molar-refractivity contribution in [1.29, 1.82) is 0 Å². The number of fused-ring (bicyclic) bond motifs is 3. The molecule has 102 valence electrons. The molecule has 3 aliphatic rings. The normalized spacial score (nSPS) is 29.5. The Labute approximate surface area is 123 Å². The molecule has 1 unspecified atom stereocenters. The minimum Gasteiger partial charge on any atom is -0.299 e. The first-order valence-corrected chi connectivity index (χ1v) is 7.33. The van der Waals surface area contributed by atoms with E-state index in [1.165, 1.54) is 0 Å². The molecular formula is C14H16Cl2N2O. The van der Waals surface area contributed by atoms with Crippen molar-refractivity contribution in [2.24, 2.45) is 0 Å². The van der Waals surface area contributed by atoms with Crippen LogP contribution < -0.4 is 0 Å². The van der Waals surface area contributed by atoms with Gasteiger partial charge in [0.15, 0.2) is 5.78 Å². The molecule has 1 atom stereocenters. The molecule has 1 aromatic carbocycles. The summed E-state index contributed by atoms with van der Waals surface area (Å²) in [7, 11) is 0. The van der Waals surface area contributed by atoms with Crippen LogP contribution in [0.5, 0.6) is 0 Å². The second-order valence-electron chi connectivity index (χ2n) is 5.21. The molecule has 3 fully saturated rings. The number of Topliss-reactive ketones (excluding diaryl/α,β-unsaturated/α-hetero) is 1. The smallest absolute Gasteiger partial charge is 0.155 e. The quantitative estimate of drug-likeness (QED) is 0.854. The third kappa shape index (κ3) is 2.65. The SMILES string of the molecule is O=C(Cc1cccc(Cl)c1Cl)C1CN2CCN1CC2. The highest BCUT2D eigenvalue weighted by atomic mass is 35.5. The fourth-order valence-corrected chi connectivity index (χ4v) is 3.30. The molecule has 2 bridgehead atoms. The molecule has 1 aromatic rings. The average molecular weight is 299 g/mol. The van der Waals surface area contributed by atoms with Gasteiger partial charge in [0.25, 0.3) is 0 Å². The summed E-state index contributed by atoms with van der Waals surface area (Å²) in [6.07, 6.45) is 0.369. The van der Waals surface area contributed by atoms with E-state index in [0.29, 0.717) is 16.5 Å². The van der Waals surface area contributed by atoms with Crippen molar-refractivity contribution < 1.29 is 4.79 Å². The van der Waals surface area contributed by atoms with E-state index in [1.54, 1.807) is 6.07 Å². The van der Waals surface area contributed by atoms with E-state index in [0.717, 1.165) is 38.3 Å². The zero-order chi connectivity index (χ0) is 13.4. The second-order valence-corrected chi connectivity index (χ2v) is 5.99. The maximum Gasteiger partial charge on any atom is 0.155 e. The number of benzene rings is 1. The first-order chi connectivity index (χ1) is 9.15. The number of nitrogens with zero attached hydrogens (tertiary/aromatic N) is 2. The molecule has 3 aliphatic heterocycles. The minimum absolute atomic E-state index is 0.0255. The number of piperazine rings is 3. The van der Waals surface area contributed by atoms with Crippen LogP contribution in [0, 0.1) is 0 Å². The molecule has 5 heteroatoms. The summed E-state index contributed by atoms with van der Waals surface area (Å²) >= 11 is 12.1. The summed E-state index contributed by atoms with van der Waals surface area (Å²) in [6.45, 7) is 5.03. The Bertz CT molecular complexity index is 498. The standard InChI is InChI=1S/C14H16Cl2N2O/c15-11-3-1-2-10(14(11)16)8-13(19)12-9-17-4-6-18(12)7-5-17/h1-3,12H,4-9H2. The maximum absolute atomic E-state index is 12.5. The van der Waals surface area contributed by atoms with Crippen molar-refractivity contribution in [1.82, 2.24) is 9.80 Å². The zero-order valence-corrected chi connectivity index (χ0v) is 12.1. The third-order valence-electron chi connectivity index (χ3n) is 4.05. The van der Waals surface area contributed by atoms with Crippen molar-refractivity contribution in [2.45, 2.75) is 12.5 Å². The second kappa shape index (κ2) is 5.41. The molecule has 3 saturated heterocycles. The van der Waals surface area contributed by atoms with Crippen LogP contribution in [0.1, 0.15) is 5.56 Å². The fraction of sp³-hybridized carbons (Fsp3) is 0.500. The molecule has 0 amide bonds. The van der Waals surface area contributed by atoms with Gasteiger partial charge in [0.05, 0.1) is 16.1 Å². The Hall–Kier alpha value is -0.610. The van der Waals surface area contributed by atoms with Gasteiger partial charge in [0.1, 0.15) is 0 Å². The first kappa shape index (κ1) is 13.4. The van der Waals surface area contributed by atoms with Crippen molar-refractivity contribution in [3.63, 3.8) is 0 Å². The van der Waals surface area contributed by atoms with Gasteiger partial charge < -0.3 is 0 Å². The summed E-state index contributed by atoms with van der Waals surface area (Å²) in [6, 6.07) is 5.49. The van der Waals surface area contributed by atoms with E-state index < -0.39 is 0 Å². The minimum atomic E-state index is 0.0255. The lowest BCUT2D eigenvalue weighted by atomic mass is 9.98. The Morgan fingerprint density at radius 1 is 1.21 bits per heavy atom. The number of ketones is 1. The number of rotatable bonds is 3. The van der Waals surface area contributed by atoms with Gasteiger partial charge in [-0.15, -0.1) is 0 Å². The van der Waals surface area contributed by atoms with E-state index >= 15 is 0 Å². The van der Waals surface area contributed by atoms with Gasteiger partial charge in [-0.3, -0.25) is 14.6 Å². The average Bonchev–Trinajstić information content (AvgIpc) is 2.45. The lowest BCUT2D eigenvalue weighted by Crippen LogP contribution is -2.63. The van der Waals surface area contributed by atoms with Crippen molar-refractivity contribution in [3.8, 4) is 0 Å². The van der Waals surface area contributed by atoms with Crippen molar-refractivity contribution in [2.75, 3.05) is 32.7 Å². The van der Waals surface area contributed by atoms with Gasteiger partial charge in [-0.1, -0.05) is 35.3 Å². The number of hydrogen-bond donors (Lipinski definition) is 0. The predicted octanol–water partition coefficient (Wildman–Crippen LogP) is 2.10. The zero-order valence-electron chi connectivity index (χ0n) is 10.6. The van der Waals surface area contributed by atoms with Crippen LogP contribution in [-0.2, 0) is 11.2 Å². The van der Waals surface area contributed by atoms with E-state index in [-0.39, 0.29) is 11.8 Å². The molecule has 0 spiro atoms. The molecule has 0 aliphatic carbocycles. The summed E-state index contributed by atoms with van der Waals surface area (Å²) in [5.41, 5.74) is 0.830. The van der Waals surface area contributed by atoms with Crippen LogP contribution >= 0.6 is 23.2 Å². The van der Waals surface area contributed by atoms with Gasteiger partial charge in [0, 0.05) is 39.1 Å². The summed E-state index contributed by atoms with van der Waals surface area (Å²) in [5, 5.41) is 1.02. The van der Waals surface area contributed by atoms with Gasteiger partial charge in [-0.05, 0) is 11.6 Å². The van der Waals surface area contributed by atoms with Crippen LogP contribution in [0.4, 0.5) is 0 Å². The maximum atomic E-state index is 12.5. The topological polar surface area (TPSA) is 23.6 Å². The van der Waals surface area contributed by atoms with Gasteiger partial charge in [-0.2, -0.15) is 0 Å². The van der Waals surface area contributed by atoms with Crippen molar-refractivity contribution in [3.05, 3.63) is 33.8 Å². The Balaban J connectivity index is 1.73. The number of halogens is 2. The van der Waals surface area contributed by atoms with Gasteiger partial charge >= 0.3 is 0 Å². The molecule has 0 radical (unpaired) electrons. The lowest BCUT2D eigenvalue weighted by molar-refractivity contribution is -0.128. The van der Waals surface area contributed by atoms with Gasteiger partial charge in [0.2, 0.25) is 0 Å². The molecule has 19 heavy (non-hydrogen) atoms. The number of carbonyl (C=O) groups excluding carboxylic acids is 1. The number of hydrogen-bond acceptors (Lipinski definition) is 3. The molecule has 0 N–H and O–H groups in total. The van der Waals surface area contributed by atoms with Crippen LogP contribution in [0.3, 0.4) is 0 Å². The first-order valence-electron chi connectivity index (χ1n) is 6.57. The monoisotopic (exact) mass is 298 g/mol. The molecule has 3 heterocycles. The molecule has 4 rings (SSSR count).